The van der Waals surface area contributed by atoms with Gasteiger partial charge in [0.05, 0.1) is 23.9 Å². The highest BCUT2D eigenvalue weighted by molar-refractivity contribution is 6.33. The second-order valence-corrected chi connectivity index (χ2v) is 7.72. The number of amides is 1. The van der Waals surface area contributed by atoms with Gasteiger partial charge in [-0.05, 0) is 35.4 Å². The highest BCUT2D eigenvalue weighted by Crippen LogP contribution is 2.33. The molecule has 0 fully saturated rings. The number of hydrogen-bond acceptors (Lipinski definition) is 5. The van der Waals surface area contributed by atoms with Gasteiger partial charge in [0.1, 0.15) is 17.1 Å². The molecule has 1 amide bonds. The van der Waals surface area contributed by atoms with Crippen molar-refractivity contribution in [1.82, 2.24) is 5.01 Å². The number of ether oxygens (including phenoxy) is 2. The lowest BCUT2D eigenvalue weighted by atomic mass is 9.98. The highest BCUT2D eigenvalue weighted by Gasteiger charge is 2.34. The van der Waals surface area contributed by atoms with Crippen molar-refractivity contribution in [2.24, 2.45) is 5.10 Å². The third-order valence-electron chi connectivity index (χ3n) is 5.27. The Morgan fingerprint density at radius 2 is 1.79 bits per heavy atom. The minimum Gasteiger partial charge on any atom is -0.497 e. The van der Waals surface area contributed by atoms with Crippen LogP contribution in [0, 0.1) is 5.82 Å². The van der Waals surface area contributed by atoms with Crippen LogP contribution >= 0.6 is 11.6 Å². The maximum atomic E-state index is 14.0. The molecule has 3 aromatic rings. The maximum absolute atomic E-state index is 14.0. The van der Waals surface area contributed by atoms with Crippen LogP contribution in [0.25, 0.3) is 0 Å². The van der Waals surface area contributed by atoms with E-state index in [0.29, 0.717) is 12.2 Å². The summed E-state index contributed by atoms with van der Waals surface area (Å²) in [5, 5.41) is 5.74. The topological polar surface area (TPSA) is 68.2 Å². The molecule has 0 spiro atoms. The van der Waals surface area contributed by atoms with Crippen LogP contribution in [0.15, 0.2) is 77.9 Å². The number of nitrogens with zero attached hydrogens (tertiary/aromatic N) is 2. The van der Waals surface area contributed by atoms with Gasteiger partial charge in [-0.3, -0.25) is 4.79 Å². The first-order valence-electron chi connectivity index (χ1n) is 10.2. The Kier molecular flexibility index (Phi) is 6.70. The number of hydrazone groups is 1. The van der Waals surface area contributed by atoms with Crippen LogP contribution in [0.1, 0.15) is 33.9 Å². The van der Waals surface area contributed by atoms with Gasteiger partial charge in [-0.25, -0.2) is 14.2 Å². The van der Waals surface area contributed by atoms with E-state index >= 15 is 0 Å². The molecule has 1 aliphatic heterocycles. The summed E-state index contributed by atoms with van der Waals surface area (Å²) < 4.78 is 24.3. The number of halogens is 2. The fraction of sp³-hybridized carbons (Fsp3) is 0.160. The molecule has 0 saturated heterocycles. The van der Waals surface area contributed by atoms with E-state index in [1.165, 1.54) is 17.1 Å². The van der Waals surface area contributed by atoms with E-state index < -0.39 is 35.9 Å². The molecule has 3 aromatic carbocycles. The van der Waals surface area contributed by atoms with Crippen LogP contribution in [-0.4, -0.2) is 36.3 Å². The van der Waals surface area contributed by atoms with Gasteiger partial charge >= 0.3 is 5.97 Å². The molecule has 1 atom stereocenters. The number of hydrogen-bond donors (Lipinski definition) is 0. The molecular formula is C25H20ClFN2O4. The maximum Gasteiger partial charge on any atom is 0.343 e. The molecule has 0 saturated carbocycles. The number of rotatable bonds is 6. The molecule has 6 nitrogen and oxygen atoms in total. The molecule has 0 radical (unpaired) electrons. The molecule has 0 bridgehead atoms. The molecule has 1 heterocycles. The Balaban J connectivity index is 1.56. The van der Waals surface area contributed by atoms with E-state index in [2.05, 4.69) is 5.10 Å². The molecule has 0 aliphatic carbocycles. The van der Waals surface area contributed by atoms with Gasteiger partial charge in [0.15, 0.2) is 6.61 Å². The molecule has 168 valence electrons. The van der Waals surface area contributed by atoms with E-state index in [0.717, 1.165) is 22.9 Å². The minimum atomic E-state index is -1.01. The third-order valence-corrected chi connectivity index (χ3v) is 5.58. The highest BCUT2D eigenvalue weighted by atomic mass is 35.5. The lowest BCUT2D eigenvalue weighted by Crippen LogP contribution is -2.31. The summed E-state index contributed by atoms with van der Waals surface area (Å²) in [7, 11) is 1.58. The third kappa shape index (κ3) is 4.88. The summed E-state index contributed by atoms with van der Waals surface area (Å²) in [5.74, 6) is -1.68. The average molecular weight is 467 g/mol. The largest absolute Gasteiger partial charge is 0.497 e. The number of methoxy groups -OCH3 is 1. The zero-order valence-corrected chi connectivity index (χ0v) is 18.5. The Hall–Kier alpha value is -3.71. The number of carbonyl (C=O) groups is 2. The van der Waals surface area contributed by atoms with E-state index in [4.69, 9.17) is 21.1 Å². The van der Waals surface area contributed by atoms with Gasteiger partial charge in [-0.2, -0.15) is 5.10 Å². The number of carbonyl (C=O) groups excluding carboxylic acids is 2. The first-order valence-corrected chi connectivity index (χ1v) is 10.6. The Bertz CT molecular complexity index is 1180. The fourth-order valence-electron chi connectivity index (χ4n) is 3.59. The molecule has 33 heavy (non-hydrogen) atoms. The van der Waals surface area contributed by atoms with Crippen LogP contribution in [0.3, 0.4) is 0 Å². The van der Waals surface area contributed by atoms with Crippen molar-refractivity contribution in [1.29, 1.82) is 0 Å². The predicted octanol–water partition coefficient (Wildman–Crippen LogP) is 5.02. The van der Waals surface area contributed by atoms with Crippen LogP contribution in [0.5, 0.6) is 5.75 Å². The number of esters is 1. The van der Waals surface area contributed by atoms with Crippen molar-refractivity contribution in [2.45, 2.75) is 12.5 Å². The summed E-state index contributed by atoms with van der Waals surface area (Å²) in [4.78, 5) is 25.4. The van der Waals surface area contributed by atoms with Crippen LogP contribution < -0.4 is 4.74 Å². The molecule has 1 unspecified atom stereocenters. The van der Waals surface area contributed by atoms with Crippen molar-refractivity contribution >= 4 is 29.2 Å². The van der Waals surface area contributed by atoms with Crippen LogP contribution in [0.4, 0.5) is 4.39 Å². The minimum absolute atomic E-state index is 0.0888. The van der Waals surface area contributed by atoms with Crippen molar-refractivity contribution < 1.29 is 23.5 Å². The van der Waals surface area contributed by atoms with Crippen molar-refractivity contribution in [3.8, 4) is 5.75 Å². The van der Waals surface area contributed by atoms with Crippen LogP contribution in [0.2, 0.25) is 5.02 Å². The SMILES string of the molecule is COc1ccc(C2CC(c3ccccc3)=NN2C(=O)COC(=O)c2c(F)cccc2Cl)cc1. The van der Waals surface area contributed by atoms with E-state index in [9.17, 15) is 14.0 Å². The van der Waals surface area contributed by atoms with Crippen molar-refractivity contribution in [3.63, 3.8) is 0 Å². The first-order chi connectivity index (χ1) is 16.0. The van der Waals surface area contributed by atoms with Gasteiger partial charge in [-0.1, -0.05) is 60.1 Å². The van der Waals surface area contributed by atoms with E-state index in [-0.39, 0.29) is 5.02 Å². The summed E-state index contributed by atoms with van der Waals surface area (Å²) in [6, 6.07) is 20.3. The van der Waals surface area contributed by atoms with Gasteiger partial charge in [0.2, 0.25) is 0 Å². The van der Waals surface area contributed by atoms with Gasteiger partial charge in [0.25, 0.3) is 5.91 Å². The number of benzene rings is 3. The zero-order chi connectivity index (χ0) is 23.4. The van der Waals surface area contributed by atoms with Crippen molar-refractivity contribution in [2.75, 3.05) is 13.7 Å². The van der Waals surface area contributed by atoms with Crippen LogP contribution in [-0.2, 0) is 9.53 Å². The Labute approximate surface area is 195 Å². The van der Waals surface area contributed by atoms with E-state index in [1.54, 1.807) is 19.2 Å². The fourth-order valence-corrected chi connectivity index (χ4v) is 3.83. The molecule has 4 rings (SSSR count). The van der Waals surface area contributed by atoms with Gasteiger partial charge in [0, 0.05) is 6.42 Å². The molecule has 8 heteroatoms. The van der Waals surface area contributed by atoms with Gasteiger partial charge in [-0.15, -0.1) is 0 Å². The molecule has 0 N–H and O–H groups in total. The molecule has 1 aliphatic rings. The summed E-state index contributed by atoms with van der Waals surface area (Å²) in [5.41, 5.74) is 2.06. The summed E-state index contributed by atoms with van der Waals surface area (Å²) in [6.07, 6.45) is 0.481. The Morgan fingerprint density at radius 3 is 2.45 bits per heavy atom. The second kappa shape index (κ2) is 9.83. The second-order valence-electron chi connectivity index (χ2n) is 7.32. The lowest BCUT2D eigenvalue weighted by molar-refractivity contribution is -0.136. The quantitative estimate of drug-likeness (QED) is 0.478. The van der Waals surface area contributed by atoms with Crippen molar-refractivity contribution in [3.05, 3.63) is 100 Å². The lowest BCUT2D eigenvalue weighted by Gasteiger charge is -2.22. The first kappa shape index (κ1) is 22.5. The standard InChI is InChI=1S/C25H20ClFN2O4/c1-32-18-12-10-17(11-13-18)22-14-21(16-6-3-2-4-7-16)28-29(22)23(30)15-33-25(31)24-19(26)8-5-9-20(24)27/h2-13,22H,14-15H2,1H3. The zero-order valence-electron chi connectivity index (χ0n) is 17.7. The summed E-state index contributed by atoms with van der Waals surface area (Å²) in [6.45, 7) is -0.609. The smallest absolute Gasteiger partial charge is 0.343 e. The van der Waals surface area contributed by atoms with Gasteiger partial charge < -0.3 is 9.47 Å². The monoisotopic (exact) mass is 466 g/mol. The molecular weight excluding hydrogens is 447 g/mol. The Morgan fingerprint density at radius 1 is 1.06 bits per heavy atom. The molecule has 0 aromatic heterocycles. The average Bonchev–Trinajstić information content (AvgIpc) is 3.29. The predicted molar refractivity (Wildman–Crippen MR) is 122 cm³/mol. The summed E-state index contributed by atoms with van der Waals surface area (Å²) >= 11 is 5.91. The normalized spacial score (nSPS) is 15.2. The van der Waals surface area contributed by atoms with E-state index in [1.807, 2.05) is 42.5 Å².